The first-order chi connectivity index (χ1) is 11.2. The third kappa shape index (κ3) is 3.48. The largest absolute Gasteiger partial charge is 0.489 e. The Labute approximate surface area is 133 Å². The first-order valence-electron chi connectivity index (χ1n) is 7.23. The van der Waals surface area contributed by atoms with Gasteiger partial charge in [0, 0.05) is 12.6 Å². The minimum atomic E-state index is -0.266. The standard InChI is InChI=1S/C17H17FN4O/c1-11-6-13(16-17(19-2)21-22-20-16)9-15(7-11)23-10-12-4-3-5-14(18)8-12/h3-9H,10H2,1-2H3,(H2,19,20,21,22). The van der Waals surface area contributed by atoms with Gasteiger partial charge in [-0.25, -0.2) is 4.39 Å². The summed E-state index contributed by atoms with van der Waals surface area (Å²) in [7, 11) is 1.79. The van der Waals surface area contributed by atoms with Crippen molar-refractivity contribution in [3.8, 4) is 17.0 Å². The number of ether oxygens (including phenoxy) is 1. The molecule has 1 aromatic heterocycles. The molecular formula is C17H17FN4O. The molecule has 3 rings (SSSR count). The first-order valence-corrected chi connectivity index (χ1v) is 7.23. The highest BCUT2D eigenvalue weighted by Crippen LogP contribution is 2.28. The van der Waals surface area contributed by atoms with Gasteiger partial charge in [-0.15, -0.1) is 5.10 Å². The van der Waals surface area contributed by atoms with Crippen molar-refractivity contribution in [2.45, 2.75) is 13.5 Å². The van der Waals surface area contributed by atoms with Crippen LogP contribution in [-0.2, 0) is 6.61 Å². The number of aromatic amines is 1. The molecule has 2 N–H and O–H groups in total. The van der Waals surface area contributed by atoms with Gasteiger partial charge in [0.2, 0.25) is 0 Å². The van der Waals surface area contributed by atoms with Gasteiger partial charge in [0.1, 0.15) is 23.9 Å². The van der Waals surface area contributed by atoms with Crippen LogP contribution in [0.25, 0.3) is 11.3 Å². The summed E-state index contributed by atoms with van der Waals surface area (Å²) < 4.78 is 19.0. The van der Waals surface area contributed by atoms with Crippen LogP contribution in [-0.4, -0.2) is 22.5 Å². The first kappa shape index (κ1) is 15.0. The summed E-state index contributed by atoms with van der Waals surface area (Å²) in [6.07, 6.45) is 0. The van der Waals surface area contributed by atoms with Crippen molar-refractivity contribution in [3.63, 3.8) is 0 Å². The zero-order valence-corrected chi connectivity index (χ0v) is 12.9. The van der Waals surface area contributed by atoms with Crippen LogP contribution in [0.15, 0.2) is 42.5 Å². The maximum Gasteiger partial charge on any atom is 0.176 e. The van der Waals surface area contributed by atoms with Crippen LogP contribution in [0.4, 0.5) is 10.2 Å². The van der Waals surface area contributed by atoms with Gasteiger partial charge >= 0.3 is 0 Å². The van der Waals surface area contributed by atoms with Gasteiger partial charge in [0.05, 0.1) is 0 Å². The summed E-state index contributed by atoms with van der Waals surface area (Å²) >= 11 is 0. The van der Waals surface area contributed by atoms with Gasteiger partial charge in [-0.3, -0.25) is 0 Å². The fraction of sp³-hybridized carbons (Fsp3) is 0.176. The lowest BCUT2D eigenvalue weighted by Gasteiger charge is -2.09. The summed E-state index contributed by atoms with van der Waals surface area (Å²) in [4.78, 5) is 0. The van der Waals surface area contributed by atoms with E-state index < -0.39 is 0 Å². The van der Waals surface area contributed by atoms with Crippen LogP contribution in [0.5, 0.6) is 5.75 Å². The lowest BCUT2D eigenvalue weighted by molar-refractivity contribution is 0.305. The predicted molar refractivity (Wildman–Crippen MR) is 86.8 cm³/mol. The number of H-pyrrole nitrogens is 1. The van der Waals surface area contributed by atoms with E-state index in [2.05, 4.69) is 20.7 Å². The number of nitrogens with zero attached hydrogens (tertiary/aromatic N) is 2. The molecule has 0 fully saturated rings. The molecule has 0 spiro atoms. The summed E-state index contributed by atoms with van der Waals surface area (Å²) in [5, 5.41) is 13.8. The highest BCUT2D eigenvalue weighted by atomic mass is 19.1. The predicted octanol–water partition coefficient (Wildman–Crippen LogP) is 3.54. The number of halogens is 1. The van der Waals surface area contributed by atoms with Crippen LogP contribution in [0.2, 0.25) is 0 Å². The molecule has 23 heavy (non-hydrogen) atoms. The summed E-state index contributed by atoms with van der Waals surface area (Å²) in [6.45, 7) is 2.29. The van der Waals surface area contributed by atoms with Crippen LogP contribution in [0.1, 0.15) is 11.1 Å². The minimum absolute atomic E-state index is 0.266. The van der Waals surface area contributed by atoms with Crippen LogP contribution >= 0.6 is 0 Å². The molecule has 6 heteroatoms. The van der Waals surface area contributed by atoms with Crippen molar-refractivity contribution in [1.29, 1.82) is 0 Å². The minimum Gasteiger partial charge on any atom is -0.489 e. The lowest BCUT2D eigenvalue weighted by atomic mass is 10.1. The lowest BCUT2D eigenvalue weighted by Crippen LogP contribution is -1.97. The molecule has 0 unspecified atom stereocenters. The zero-order chi connectivity index (χ0) is 16.2. The van der Waals surface area contributed by atoms with Crippen LogP contribution < -0.4 is 10.1 Å². The second-order valence-electron chi connectivity index (χ2n) is 5.22. The van der Waals surface area contributed by atoms with Gasteiger partial charge in [-0.2, -0.15) is 10.3 Å². The van der Waals surface area contributed by atoms with E-state index in [-0.39, 0.29) is 5.82 Å². The maximum atomic E-state index is 13.2. The number of aromatic nitrogens is 3. The average Bonchev–Trinajstić information content (AvgIpc) is 3.01. The van der Waals surface area contributed by atoms with Gasteiger partial charge in [0.25, 0.3) is 0 Å². The molecule has 118 valence electrons. The fourth-order valence-corrected chi connectivity index (χ4v) is 2.37. The topological polar surface area (TPSA) is 62.8 Å². The van der Waals surface area contributed by atoms with E-state index in [1.165, 1.54) is 12.1 Å². The van der Waals surface area contributed by atoms with E-state index in [0.29, 0.717) is 18.2 Å². The quantitative estimate of drug-likeness (QED) is 0.756. The Bertz CT molecular complexity index is 816. The molecule has 0 saturated carbocycles. The van der Waals surface area contributed by atoms with Crippen molar-refractivity contribution in [1.82, 2.24) is 15.4 Å². The molecule has 5 nitrogen and oxygen atoms in total. The number of rotatable bonds is 5. The molecule has 0 radical (unpaired) electrons. The van der Waals surface area contributed by atoms with Gasteiger partial charge in [-0.1, -0.05) is 12.1 Å². The Morgan fingerprint density at radius 1 is 1.17 bits per heavy atom. The Morgan fingerprint density at radius 2 is 2.04 bits per heavy atom. The molecule has 0 aliphatic rings. The van der Waals surface area contributed by atoms with Gasteiger partial charge in [-0.05, 0) is 48.4 Å². The molecule has 0 amide bonds. The number of anilines is 1. The Kier molecular flexibility index (Phi) is 4.23. The second kappa shape index (κ2) is 6.48. The van der Waals surface area contributed by atoms with E-state index in [4.69, 9.17) is 4.74 Å². The van der Waals surface area contributed by atoms with Crippen molar-refractivity contribution >= 4 is 5.82 Å². The molecule has 3 aromatic rings. The molecule has 2 aromatic carbocycles. The molecule has 1 heterocycles. The van der Waals surface area contributed by atoms with Crippen molar-refractivity contribution in [2.75, 3.05) is 12.4 Å². The highest BCUT2D eigenvalue weighted by Gasteiger charge is 2.11. The Hall–Kier alpha value is -2.89. The van der Waals surface area contributed by atoms with Gasteiger partial charge < -0.3 is 10.1 Å². The SMILES string of the molecule is CNc1n[nH]nc1-c1cc(C)cc(OCc2cccc(F)c2)c1. The summed E-state index contributed by atoms with van der Waals surface area (Å²) in [5.41, 5.74) is 3.45. The molecule has 0 bridgehead atoms. The summed E-state index contributed by atoms with van der Waals surface area (Å²) in [5.74, 6) is 1.11. The summed E-state index contributed by atoms with van der Waals surface area (Å²) in [6, 6.07) is 12.2. The zero-order valence-electron chi connectivity index (χ0n) is 12.9. The van der Waals surface area contributed by atoms with E-state index in [1.54, 1.807) is 13.1 Å². The van der Waals surface area contributed by atoms with E-state index in [1.807, 2.05) is 31.2 Å². The number of hydrogen-bond acceptors (Lipinski definition) is 4. The maximum absolute atomic E-state index is 13.2. The molecule has 0 atom stereocenters. The van der Waals surface area contributed by atoms with Gasteiger partial charge in [0.15, 0.2) is 5.82 Å². The van der Waals surface area contributed by atoms with Crippen LogP contribution in [0.3, 0.4) is 0 Å². The van der Waals surface area contributed by atoms with Crippen molar-refractivity contribution in [2.24, 2.45) is 0 Å². The number of hydrogen-bond donors (Lipinski definition) is 2. The molecular weight excluding hydrogens is 295 g/mol. The second-order valence-corrected chi connectivity index (χ2v) is 5.22. The monoisotopic (exact) mass is 312 g/mol. The smallest absolute Gasteiger partial charge is 0.176 e. The fourth-order valence-electron chi connectivity index (χ4n) is 2.37. The number of benzene rings is 2. The number of aryl methyl sites for hydroxylation is 1. The average molecular weight is 312 g/mol. The number of nitrogens with one attached hydrogen (secondary N) is 2. The molecule has 0 saturated heterocycles. The van der Waals surface area contributed by atoms with Crippen LogP contribution in [0, 0.1) is 12.7 Å². The molecule has 0 aliphatic heterocycles. The van der Waals surface area contributed by atoms with E-state index in [0.717, 1.165) is 22.4 Å². The molecule has 0 aliphatic carbocycles. The third-order valence-electron chi connectivity index (χ3n) is 3.40. The Balaban J connectivity index is 1.83. The third-order valence-corrected chi connectivity index (χ3v) is 3.40. The normalized spacial score (nSPS) is 10.6. The van der Waals surface area contributed by atoms with E-state index >= 15 is 0 Å². The Morgan fingerprint density at radius 3 is 2.83 bits per heavy atom. The highest BCUT2D eigenvalue weighted by molar-refractivity contribution is 5.72. The van der Waals surface area contributed by atoms with Crippen molar-refractivity contribution in [3.05, 3.63) is 59.4 Å². The van der Waals surface area contributed by atoms with E-state index in [9.17, 15) is 4.39 Å². The van der Waals surface area contributed by atoms with Crippen molar-refractivity contribution < 1.29 is 9.13 Å².